The standard InChI is InChI=1S/C16H25N3O.HI/c1-2-3-12-20-15-8-4-13(5-9-15)10-11-18-16(17)19-14-6-7-14;/h4-5,8-9,14H,2-3,6-7,10-12H2,1H3,(H3,17,18,19);1H. The molecule has 0 bridgehead atoms. The van der Waals surface area contributed by atoms with Gasteiger partial charge in [-0.25, -0.2) is 0 Å². The Morgan fingerprint density at radius 3 is 2.67 bits per heavy atom. The number of ether oxygens (including phenoxy) is 1. The lowest BCUT2D eigenvalue weighted by Crippen LogP contribution is -2.33. The molecule has 0 atom stereocenters. The van der Waals surface area contributed by atoms with E-state index >= 15 is 0 Å². The summed E-state index contributed by atoms with van der Waals surface area (Å²) in [5.41, 5.74) is 7.05. The van der Waals surface area contributed by atoms with Crippen molar-refractivity contribution in [3.63, 3.8) is 0 Å². The predicted molar refractivity (Wildman–Crippen MR) is 98.6 cm³/mol. The summed E-state index contributed by atoms with van der Waals surface area (Å²) in [6.07, 6.45) is 5.60. The molecule has 0 spiro atoms. The molecule has 0 radical (unpaired) electrons. The van der Waals surface area contributed by atoms with E-state index in [2.05, 4.69) is 29.4 Å². The molecular formula is C16H26IN3O. The molecule has 118 valence electrons. The molecule has 21 heavy (non-hydrogen) atoms. The number of unbranched alkanes of at least 4 members (excludes halogenated alkanes) is 1. The van der Waals surface area contributed by atoms with Gasteiger partial charge < -0.3 is 15.8 Å². The first kappa shape index (κ1) is 18.1. The van der Waals surface area contributed by atoms with E-state index in [9.17, 15) is 0 Å². The van der Waals surface area contributed by atoms with Crippen LogP contribution in [0.1, 0.15) is 38.2 Å². The number of hydrogen-bond donors (Lipinski definition) is 2. The van der Waals surface area contributed by atoms with Gasteiger partial charge in [0.2, 0.25) is 0 Å². The summed E-state index contributed by atoms with van der Waals surface area (Å²) < 4.78 is 5.64. The van der Waals surface area contributed by atoms with Crippen molar-refractivity contribution in [1.29, 1.82) is 0 Å². The average Bonchev–Trinajstić information content (AvgIpc) is 3.25. The zero-order valence-electron chi connectivity index (χ0n) is 12.7. The minimum absolute atomic E-state index is 0. The van der Waals surface area contributed by atoms with E-state index < -0.39 is 0 Å². The number of guanidine groups is 1. The first-order valence-corrected chi connectivity index (χ1v) is 7.56. The maximum atomic E-state index is 5.79. The Hall–Kier alpha value is -0.980. The third-order valence-corrected chi connectivity index (χ3v) is 3.30. The first-order chi connectivity index (χ1) is 9.78. The zero-order chi connectivity index (χ0) is 14.2. The van der Waals surface area contributed by atoms with Crippen molar-refractivity contribution in [3.8, 4) is 5.75 Å². The van der Waals surface area contributed by atoms with E-state index in [0.29, 0.717) is 12.0 Å². The van der Waals surface area contributed by atoms with E-state index in [1.54, 1.807) is 0 Å². The van der Waals surface area contributed by atoms with Gasteiger partial charge in [-0.1, -0.05) is 25.5 Å². The topological polar surface area (TPSA) is 59.6 Å². The Labute approximate surface area is 144 Å². The van der Waals surface area contributed by atoms with Crippen molar-refractivity contribution in [3.05, 3.63) is 29.8 Å². The fraction of sp³-hybridized carbons (Fsp3) is 0.562. The normalized spacial score (nSPS) is 14.4. The van der Waals surface area contributed by atoms with Crippen LogP contribution in [0.4, 0.5) is 0 Å². The van der Waals surface area contributed by atoms with Gasteiger partial charge in [0.1, 0.15) is 5.75 Å². The van der Waals surface area contributed by atoms with Crippen molar-refractivity contribution in [2.24, 2.45) is 10.7 Å². The smallest absolute Gasteiger partial charge is 0.188 e. The molecule has 4 nitrogen and oxygen atoms in total. The number of nitrogens with two attached hydrogens (primary N) is 1. The number of halogens is 1. The molecule has 1 aromatic rings. The fourth-order valence-corrected chi connectivity index (χ4v) is 1.87. The van der Waals surface area contributed by atoms with Gasteiger partial charge in [-0.3, -0.25) is 4.99 Å². The van der Waals surface area contributed by atoms with Crippen molar-refractivity contribution in [2.45, 2.75) is 45.1 Å². The quantitative estimate of drug-likeness (QED) is 0.304. The van der Waals surface area contributed by atoms with E-state index in [-0.39, 0.29) is 24.0 Å². The number of hydrogen-bond acceptors (Lipinski definition) is 2. The van der Waals surface area contributed by atoms with E-state index in [0.717, 1.165) is 38.2 Å². The summed E-state index contributed by atoms with van der Waals surface area (Å²) in [5, 5.41) is 3.19. The SMILES string of the molecule is CCCCOc1ccc(CCN=C(N)NC2CC2)cc1.I. The monoisotopic (exact) mass is 403 g/mol. The number of rotatable bonds is 8. The molecule has 1 aromatic carbocycles. The Bertz CT molecular complexity index is 430. The summed E-state index contributed by atoms with van der Waals surface area (Å²) in [4.78, 5) is 4.33. The van der Waals surface area contributed by atoms with Gasteiger partial charge in [0.25, 0.3) is 0 Å². The first-order valence-electron chi connectivity index (χ1n) is 7.56. The molecule has 0 heterocycles. The summed E-state index contributed by atoms with van der Waals surface area (Å²) in [5.74, 6) is 1.52. The lowest BCUT2D eigenvalue weighted by atomic mass is 10.1. The molecule has 1 fully saturated rings. The lowest BCUT2D eigenvalue weighted by Gasteiger charge is -2.06. The van der Waals surface area contributed by atoms with Crippen molar-refractivity contribution in [1.82, 2.24) is 5.32 Å². The minimum atomic E-state index is 0. The average molecular weight is 403 g/mol. The molecule has 0 aliphatic heterocycles. The Morgan fingerprint density at radius 2 is 2.05 bits per heavy atom. The summed E-state index contributed by atoms with van der Waals surface area (Å²) in [6, 6.07) is 8.82. The molecule has 3 N–H and O–H groups in total. The highest BCUT2D eigenvalue weighted by atomic mass is 127. The van der Waals surface area contributed by atoms with Gasteiger partial charge in [-0.05, 0) is 43.4 Å². The van der Waals surface area contributed by atoms with Crippen LogP contribution in [0.25, 0.3) is 0 Å². The van der Waals surface area contributed by atoms with Gasteiger partial charge in [-0.2, -0.15) is 0 Å². The molecule has 1 saturated carbocycles. The van der Waals surface area contributed by atoms with E-state index in [1.165, 1.54) is 18.4 Å². The summed E-state index contributed by atoms with van der Waals surface area (Å²) in [6.45, 7) is 3.68. The molecular weight excluding hydrogens is 377 g/mol. The van der Waals surface area contributed by atoms with Crippen LogP contribution in [-0.4, -0.2) is 25.2 Å². The molecule has 1 aliphatic carbocycles. The minimum Gasteiger partial charge on any atom is -0.494 e. The highest BCUT2D eigenvalue weighted by Gasteiger charge is 2.21. The van der Waals surface area contributed by atoms with Crippen molar-refractivity contribution in [2.75, 3.05) is 13.2 Å². The largest absolute Gasteiger partial charge is 0.494 e. The highest BCUT2D eigenvalue weighted by molar-refractivity contribution is 14.0. The lowest BCUT2D eigenvalue weighted by molar-refractivity contribution is 0.309. The van der Waals surface area contributed by atoms with Crippen molar-refractivity contribution >= 4 is 29.9 Å². The predicted octanol–water partition coefficient (Wildman–Crippen LogP) is 3.09. The second kappa shape index (κ2) is 9.87. The molecule has 2 rings (SSSR count). The third-order valence-electron chi connectivity index (χ3n) is 3.30. The Kier molecular flexibility index (Phi) is 8.49. The third kappa shape index (κ3) is 7.55. The van der Waals surface area contributed by atoms with E-state index in [1.807, 2.05) is 12.1 Å². The van der Waals surface area contributed by atoms with Crippen LogP contribution in [0.2, 0.25) is 0 Å². The summed E-state index contributed by atoms with van der Waals surface area (Å²) >= 11 is 0. The van der Waals surface area contributed by atoms with Crippen LogP contribution in [-0.2, 0) is 6.42 Å². The molecule has 1 aliphatic rings. The number of benzene rings is 1. The number of nitrogens with one attached hydrogen (secondary N) is 1. The Morgan fingerprint density at radius 1 is 1.33 bits per heavy atom. The van der Waals surface area contributed by atoms with Gasteiger partial charge in [-0.15, -0.1) is 24.0 Å². The molecule has 0 amide bonds. The summed E-state index contributed by atoms with van der Waals surface area (Å²) in [7, 11) is 0. The van der Waals surface area contributed by atoms with Gasteiger partial charge in [0, 0.05) is 12.6 Å². The molecule has 0 aromatic heterocycles. The van der Waals surface area contributed by atoms with Crippen molar-refractivity contribution < 1.29 is 4.74 Å². The van der Waals surface area contributed by atoms with Gasteiger partial charge in [0.05, 0.1) is 6.61 Å². The van der Waals surface area contributed by atoms with Crippen LogP contribution in [0.15, 0.2) is 29.3 Å². The second-order valence-corrected chi connectivity index (χ2v) is 5.28. The maximum absolute atomic E-state index is 5.79. The fourth-order valence-electron chi connectivity index (χ4n) is 1.87. The van der Waals surface area contributed by atoms with Crippen LogP contribution in [0, 0.1) is 0 Å². The van der Waals surface area contributed by atoms with E-state index in [4.69, 9.17) is 10.5 Å². The van der Waals surface area contributed by atoms with Gasteiger partial charge in [0.15, 0.2) is 5.96 Å². The van der Waals surface area contributed by atoms with Crippen LogP contribution >= 0.6 is 24.0 Å². The second-order valence-electron chi connectivity index (χ2n) is 5.28. The van der Waals surface area contributed by atoms with Crippen LogP contribution in [0.5, 0.6) is 5.75 Å². The Balaban J connectivity index is 0.00000220. The number of aliphatic imine (C=N–C) groups is 1. The molecule has 5 heteroatoms. The maximum Gasteiger partial charge on any atom is 0.188 e. The molecule has 0 saturated heterocycles. The van der Waals surface area contributed by atoms with Gasteiger partial charge >= 0.3 is 0 Å². The van der Waals surface area contributed by atoms with Crippen LogP contribution in [0.3, 0.4) is 0 Å². The zero-order valence-corrected chi connectivity index (χ0v) is 15.0. The number of nitrogens with zero attached hydrogens (tertiary/aromatic N) is 1. The molecule has 0 unspecified atom stereocenters. The van der Waals surface area contributed by atoms with Crippen LogP contribution < -0.4 is 15.8 Å². The highest BCUT2D eigenvalue weighted by Crippen LogP contribution is 2.18.